The lowest BCUT2D eigenvalue weighted by atomic mass is 10.3. The highest BCUT2D eigenvalue weighted by Crippen LogP contribution is 2.33. The number of carbonyl (C=O) groups excluding carboxylic acids is 1. The Kier molecular flexibility index (Phi) is 7.19. The molecule has 0 fully saturated rings. The number of nitrogens with zero attached hydrogens (tertiary/aromatic N) is 2. The fourth-order valence-corrected chi connectivity index (χ4v) is 4.67. The quantitative estimate of drug-likeness (QED) is 0.473. The van der Waals surface area contributed by atoms with Crippen LogP contribution >= 0.6 is 35.0 Å². The zero-order chi connectivity index (χ0) is 21.7. The van der Waals surface area contributed by atoms with Gasteiger partial charge in [-0.25, -0.2) is 23.1 Å². The Morgan fingerprint density at radius 3 is 2.40 bits per heavy atom. The first-order chi connectivity index (χ1) is 14.2. The molecule has 0 spiro atoms. The van der Waals surface area contributed by atoms with Gasteiger partial charge in [0.2, 0.25) is 11.9 Å². The van der Waals surface area contributed by atoms with Crippen LogP contribution in [0.2, 0.25) is 10.0 Å². The first-order valence-electron chi connectivity index (χ1n) is 8.57. The summed E-state index contributed by atoms with van der Waals surface area (Å²) in [6, 6.07) is 12.4. The standard InChI is InChI=1S/C19H16Cl2N4O3S2/c1-12(29-17-11-13(20)3-8-16(17)21)18(26)24-14-4-6-15(7-5-14)30(27,28)25-19-22-9-2-10-23-19/h2-12H,1H3,(H,24,26)(H,22,23,25). The molecule has 2 N–H and O–H groups in total. The smallest absolute Gasteiger partial charge is 0.264 e. The summed E-state index contributed by atoms with van der Waals surface area (Å²) in [6.45, 7) is 1.74. The van der Waals surface area contributed by atoms with Crippen molar-refractivity contribution in [1.29, 1.82) is 0 Å². The number of thioether (sulfide) groups is 1. The van der Waals surface area contributed by atoms with Gasteiger partial charge in [0.15, 0.2) is 0 Å². The topological polar surface area (TPSA) is 101 Å². The maximum absolute atomic E-state index is 12.5. The van der Waals surface area contributed by atoms with Crippen LogP contribution in [0, 0.1) is 0 Å². The van der Waals surface area contributed by atoms with E-state index in [-0.39, 0.29) is 16.8 Å². The first kappa shape index (κ1) is 22.4. The van der Waals surface area contributed by atoms with Gasteiger partial charge in [0, 0.05) is 28.0 Å². The Morgan fingerprint density at radius 1 is 1.07 bits per heavy atom. The Labute approximate surface area is 188 Å². The first-order valence-corrected chi connectivity index (χ1v) is 11.7. The minimum absolute atomic E-state index is 0.0149. The van der Waals surface area contributed by atoms with Crippen molar-refractivity contribution in [3.05, 3.63) is 71.0 Å². The van der Waals surface area contributed by atoms with E-state index in [4.69, 9.17) is 23.2 Å². The van der Waals surface area contributed by atoms with E-state index in [2.05, 4.69) is 20.0 Å². The predicted molar refractivity (Wildman–Crippen MR) is 120 cm³/mol. The summed E-state index contributed by atoms with van der Waals surface area (Å²) in [4.78, 5) is 20.9. The molecule has 0 aliphatic carbocycles. The van der Waals surface area contributed by atoms with Gasteiger partial charge in [0.25, 0.3) is 10.0 Å². The molecule has 1 amide bonds. The van der Waals surface area contributed by atoms with E-state index in [1.54, 1.807) is 31.2 Å². The van der Waals surface area contributed by atoms with Gasteiger partial charge in [-0.2, -0.15) is 0 Å². The molecule has 1 unspecified atom stereocenters. The van der Waals surface area contributed by atoms with Crippen molar-refractivity contribution in [2.75, 3.05) is 10.0 Å². The highest BCUT2D eigenvalue weighted by atomic mass is 35.5. The fourth-order valence-electron chi connectivity index (χ4n) is 2.30. The van der Waals surface area contributed by atoms with E-state index in [1.165, 1.54) is 48.4 Å². The van der Waals surface area contributed by atoms with Gasteiger partial charge >= 0.3 is 0 Å². The average Bonchev–Trinajstić information content (AvgIpc) is 2.71. The number of hydrogen-bond donors (Lipinski definition) is 2. The van der Waals surface area contributed by atoms with Crippen molar-refractivity contribution in [2.24, 2.45) is 0 Å². The fraction of sp³-hybridized carbons (Fsp3) is 0.105. The summed E-state index contributed by atoms with van der Waals surface area (Å²) in [7, 11) is -3.84. The molecule has 0 radical (unpaired) electrons. The molecule has 0 saturated heterocycles. The summed E-state index contributed by atoms with van der Waals surface area (Å²) < 4.78 is 27.1. The zero-order valence-corrected chi connectivity index (χ0v) is 18.7. The molecule has 156 valence electrons. The molecule has 11 heteroatoms. The monoisotopic (exact) mass is 482 g/mol. The predicted octanol–water partition coefficient (Wildman–Crippen LogP) is 4.70. The van der Waals surface area contributed by atoms with Crippen LogP contribution in [-0.2, 0) is 14.8 Å². The average molecular weight is 483 g/mol. The maximum Gasteiger partial charge on any atom is 0.264 e. The highest BCUT2D eigenvalue weighted by molar-refractivity contribution is 8.00. The van der Waals surface area contributed by atoms with Crippen LogP contribution in [0.4, 0.5) is 11.6 Å². The molecular weight excluding hydrogens is 467 g/mol. The van der Waals surface area contributed by atoms with Gasteiger partial charge in [0.1, 0.15) is 0 Å². The zero-order valence-electron chi connectivity index (χ0n) is 15.5. The van der Waals surface area contributed by atoms with Gasteiger partial charge in [-0.3, -0.25) is 4.79 Å². The number of benzene rings is 2. The molecule has 0 aliphatic heterocycles. The number of rotatable bonds is 7. The van der Waals surface area contributed by atoms with Gasteiger partial charge in [-0.05, 0) is 55.5 Å². The van der Waals surface area contributed by atoms with Crippen LogP contribution in [0.3, 0.4) is 0 Å². The van der Waals surface area contributed by atoms with Crippen LogP contribution in [0.25, 0.3) is 0 Å². The molecule has 3 aromatic rings. The third-order valence-electron chi connectivity index (χ3n) is 3.79. The van der Waals surface area contributed by atoms with E-state index in [0.717, 1.165) is 0 Å². The molecule has 0 bridgehead atoms. The number of aromatic nitrogens is 2. The highest BCUT2D eigenvalue weighted by Gasteiger charge is 2.18. The van der Waals surface area contributed by atoms with E-state index in [9.17, 15) is 13.2 Å². The molecule has 1 aromatic heterocycles. The molecule has 7 nitrogen and oxygen atoms in total. The number of sulfonamides is 1. The second-order valence-corrected chi connectivity index (χ2v) is 9.94. The van der Waals surface area contributed by atoms with Gasteiger partial charge in [0.05, 0.1) is 15.2 Å². The van der Waals surface area contributed by atoms with Crippen molar-refractivity contribution in [2.45, 2.75) is 22.0 Å². The van der Waals surface area contributed by atoms with Crippen molar-refractivity contribution in [3.63, 3.8) is 0 Å². The molecular formula is C19H16Cl2N4O3S2. The lowest BCUT2D eigenvalue weighted by Crippen LogP contribution is -2.22. The van der Waals surface area contributed by atoms with Crippen LogP contribution in [0.15, 0.2) is 70.7 Å². The normalized spacial score (nSPS) is 12.2. The molecule has 3 rings (SSSR count). The van der Waals surface area contributed by atoms with Crippen molar-refractivity contribution >= 4 is 62.5 Å². The number of amides is 1. The molecule has 1 heterocycles. The minimum atomic E-state index is -3.84. The van der Waals surface area contributed by atoms with Gasteiger partial charge < -0.3 is 5.32 Å². The number of halogens is 2. The Bertz CT molecular complexity index is 1140. The van der Waals surface area contributed by atoms with Crippen molar-refractivity contribution < 1.29 is 13.2 Å². The van der Waals surface area contributed by atoms with Crippen molar-refractivity contribution in [1.82, 2.24) is 9.97 Å². The number of carbonyl (C=O) groups is 1. The number of anilines is 2. The molecule has 2 aromatic carbocycles. The summed E-state index contributed by atoms with van der Waals surface area (Å²) >= 11 is 13.4. The SMILES string of the molecule is CC(Sc1cc(Cl)ccc1Cl)C(=O)Nc1ccc(S(=O)(=O)Nc2ncccn2)cc1. The van der Waals surface area contributed by atoms with Gasteiger partial charge in [-0.15, -0.1) is 11.8 Å². The van der Waals surface area contributed by atoms with E-state index in [1.807, 2.05) is 0 Å². The lowest BCUT2D eigenvalue weighted by molar-refractivity contribution is -0.115. The molecule has 1 atom stereocenters. The summed E-state index contributed by atoms with van der Waals surface area (Å²) in [5, 5.41) is 3.33. The van der Waals surface area contributed by atoms with Crippen LogP contribution in [-0.4, -0.2) is 29.5 Å². The van der Waals surface area contributed by atoms with Crippen LogP contribution < -0.4 is 10.0 Å². The lowest BCUT2D eigenvalue weighted by Gasteiger charge is -2.13. The summed E-state index contributed by atoms with van der Waals surface area (Å²) in [5.41, 5.74) is 0.458. The number of hydrogen-bond acceptors (Lipinski definition) is 6. The Morgan fingerprint density at radius 2 is 1.73 bits per heavy atom. The second-order valence-electron chi connectivity index (χ2n) is 6.03. The van der Waals surface area contributed by atoms with E-state index < -0.39 is 15.3 Å². The molecule has 0 saturated carbocycles. The number of nitrogens with one attached hydrogen (secondary N) is 2. The Hall–Kier alpha value is -2.33. The van der Waals surface area contributed by atoms with Crippen LogP contribution in [0.5, 0.6) is 0 Å². The third kappa shape index (κ3) is 5.85. The van der Waals surface area contributed by atoms with Crippen molar-refractivity contribution in [3.8, 4) is 0 Å². The van der Waals surface area contributed by atoms with E-state index in [0.29, 0.717) is 20.6 Å². The molecule has 0 aliphatic rings. The third-order valence-corrected chi connectivity index (χ3v) is 6.97. The van der Waals surface area contributed by atoms with Gasteiger partial charge in [-0.1, -0.05) is 23.2 Å². The largest absolute Gasteiger partial charge is 0.325 e. The minimum Gasteiger partial charge on any atom is -0.325 e. The maximum atomic E-state index is 12.5. The molecule has 30 heavy (non-hydrogen) atoms. The second kappa shape index (κ2) is 9.65. The summed E-state index contributed by atoms with van der Waals surface area (Å²) in [5.74, 6) is -0.289. The van der Waals surface area contributed by atoms with E-state index >= 15 is 0 Å². The Balaban J connectivity index is 1.64. The summed E-state index contributed by atoms with van der Waals surface area (Å²) in [6.07, 6.45) is 2.86. The van der Waals surface area contributed by atoms with Crippen LogP contribution in [0.1, 0.15) is 6.92 Å².